The maximum absolute atomic E-state index is 12.2. The van der Waals surface area contributed by atoms with Gasteiger partial charge in [-0.3, -0.25) is 9.59 Å². The van der Waals surface area contributed by atoms with E-state index >= 15 is 0 Å². The molecule has 2 amide bonds. The zero-order valence-electron chi connectivity index (χ0n) is 16.2. The van der Waals surface area contributed by atoms with Crippen LogP contribution >= 0.6 is 15.9 Å². The second-order valence-corrected chi connectivity index (χ2v) is 8.29. The van der Waals surface area contributed by atoms with Gasteiger partial charge < -0.3 is 5.32 Å². The molecule has 30 heavy (non-hydrogen) atoms. The van der Waals surface area contributed by atoms with Crippen molar-refractivity contribution in [2.75, 3.05) is 10.2 Å². The van der Waals surface area contributed by atoms with Crippen molar-refractivity contribution in [1.29, 1.82) is 0 Å². The average molecular weight is 464 g/mol. The fraction of sp³-hybridized carbons (Fsp3) is 0.182. The molecule has 0 aliphatic carbocycles. The fourth-order valence-electron chi connectivity index (χ4n) is 3.68. The third-order valence-electron chi connectivity index (χ3n) is 5.28. The topological polar surface area (TPSA) is 80.1 Å². The molecule has 1 N–H and O–H groups in total. The third-order valence-corrected chi connectivity index (χ3v) is 5.81. The number of hydrogen-bond acceptors (Lipinski definition) is 5. The molecule has 1 fully saturated rings. The van der Waals surface area contributed by atoms with Crippen LogP contribution in [0.1, 0.15) is 35.6 Å². The summed E-state index contributed by atoms with van der Waals surface area (Å²) in [6, 6.07) is 16.0. The summed E-state index contributed by atoms with van der Waals surface area (Å²) in [6.45, 7) is 2.04. The number of amides is 2. The van der Waals surface area contributed by atoms with E-state index in [9.17, 15) is 9.59 Å². The summed E-state index contributed by atoms with van der Waals surface area (Å²) in [6.07, 6.45) is 2.47. The van der Waals surface area contributed by atoms with Gasteiger partial charge in [-0.25, -0.2) is 9.58 Å². The van der Waals surface area contributed by atoms with E-state index in [1.54, 1.807) is 4.68 Å². The Morgan fingerprint density at radius 1 is 1.00 bits per heavy atom. The van der Waals surface area contributed by atoms with Crippen LogP contribution in [0.25, 0.3) is 5.70 Å². The van der Waals surface area contributed by atoms with Gasteiger partial charge in [0.1, 0.15) is 6.04 Å². The first-order valence-electron chi connectivity index (χ1n) is 9.63. The predicted molar refractivity (Wildman–Crippen MR) is 117 cm³/mol. The Morgan fingerprint density at radius 2 is 1.67 bits per heavy atom. The molecule has 1 aromatic heterocycles. The second-order valence-electron chi connectivity index (χ2n) is 7.37. The van der Waals surface area contributed by atoms with Crippen molar-refractivity contribution in [3.05, 3.63) is 75.8 Å². The van der Waals surface area contributed by atoms with Gasteiger partial charge in [0.2, 0.25) is 17.8 Å². The molecule has 3 heterocycles. The minimum Gasteiger partial charge on any atom is -0.324 e. The maximum atomic E-state index is 12.2. The summed E-state index contributed by atoms with van der Waals surface area (Å²) >= 11 is 3.47. The van der Waals surface area contributed by atoms with Crippen LogP contribution in [0.4, 0.5) is 11.9 Å². The van der Waals surface area contributed by atoms with Crippen molar-refractivity contribution in [2.45, 2.75) is 25.8 Å². The fourth-order valence-corrected chi connectivity index (χ4v) is 3.94. The lowest BCUT2D eigenvalue weighted by atomic mass is 10.0. The van der Waals surface area contributed by atoms with Crippen LogP contribution < -0.4 is 10.2 Å². The quantitative estimate of drug-likeness (QED) is 0.592. The van der Waals surface area contributed by atoms with Crippen LogP contribution in [-0.2, 0) is 9.59 Å². The standard InChI is InChI=1S/C22H18BrN5O2/c1-13-2-4-15(5-3-13)18-12-17(14-6-8-16(23)9-7-14)24-21-25-22(26-28(18)21)27-19(29)10-11-20(27)30/h2-9,12,18H,10-11H2,1H3,(H,24,25,26)/t18-/m1/s1. The largest absolute Gasteiger partial charge is 0.324 e. The van der Waals surface area contributed by atoms with Gasteiger partial charge in [0, 0.05) is 23.0 Å². The van der Waals surface area contributed by atoms with Crippen LogP contribution in [0.3, 0.4) is 0 Å². The highest BCUT2D eigenvalue weighted by molar-refractivity contribution is 9.10. The number of nitrogens with zero attached hydrogens (tertiary/aromatic N) is 4. The van der Waals surface area contributed by atoms with Crippen molar-refractivity contribution < 1.29 is 9.59 Å². The Labute approximate surface area is 181 Å². The summed E-state index contributed by atoms with van der Waals surface area (Å²) in [7, 11) is 0. The van der Waals surface area contributed by atoms with Crippen molar-refractivity contribution in [3.8, 4) is 0 Å². The van der Waals surface area contributed by atoms with E-state index in [1.165, 1.54) is 0 Å². The number of halogens is 1. The van der Waals surface area contributed by atoms with Crippen molar-refractivity contribution in [2.24, 2.45) is 0 Å². The number of allylic oxidation sites excluding steroid dienone is 1. The van der Waals surface area contributed by atoms with Crippen LogP contribution in [0.5, 0.6) is 0 Å². The highest BCUT2D eigenvalue weighted by atomic mass is 79.9. The van der Waals surface area contributed by atoms with Crippen LogP contribution in [-0.4, -0.2) is 26.6 Å². The average Bonchev–Trinajstić information content (AvgIpc) is 3.30. The third kappa shape index (κ3) is 3.23. The number of benzene rings is 2. The van der Waals surface area contributed by atoms with Gasteiger partial charge in [-0.1, -0.05) is 57.9 Å². The number of anilines is 2. The lowest BCUT2D eigenvalue weighted by Gasteiger charge is -2.24. The SMILES string of the molecule is Cc1ccc([C@H]2C=C(c3ccc(Br)cc3)Nc3nc(N4C(=O)CCC4=O)nn32)cc1. The van der Waals surface area contributed by atoms with E-state index in [-0.39, 0.29) is 36.6 Å². The molecule has 2 aliphatic rings. The lowest BCUT2D eigenvalue weighted by molar-refractivity contribution is -0.121. The zero-order valence-corrected chi connectivity index (χ0v) is 17.8. The predicted octanol–water partition coefficient (Wildman–Crippen LogP) is 4.06. The van der Waals surface area contributed by atoms with Gasteiger partial charge >= 0.3 is 0 Å². The van der Waals surface area contributed by atoms with E-state index in [0.717, 1.165) is 31.8 Å². The van der Waals surface area contributed by atoms with Gasteiger partial charge in [-0.05, 0) is 36.3 Å². The summed E-state index contributed by atoms with van der Waals surface area (Å²) in [5.41, 5.74) is 4.09. The Kier molecular flexibility index (Phi) is 4.51. The minimum absolute atomic E-state index is 0.118. The van der Waals surface area contributed by atoms with E-state index < -0.39 is 0 Å². The molecule has 2 aliphatic heterocycles. The molecule has 1 saturated heterocycles. The number of fused-ring (bicyclic) bond motifs is 1. The van der Waals surface area contributed by atoms with E-state index in [0.29, 0.717) is 5.95 Å². The van der Waals surface area contributed by atoms with Crippen LogP contribution in [0.15, 0.2) is 59.1 Å². The molecule has 0 radical (unpaired) electrons. The normalized spacial score (nSPS) is 18.3. The first-order valence-corrected chi connectivity index (χ1v) is 10.4. The number of nitrogens with one attached hydrogen (secondary N) is 1. The number of carbonyl (C=O) groups is 2. The summed E-state index contributed by atoms with van der Waals surface area (Å²) < 4.78 is 2.72. The molecule has 0 unspecified atom stereocenters. The van der Waals surface area contributed by atoms with E-state index in [1.807, 2.05) is 31.2 Å². The molecule has 0 bridgehead atoms. The molecule has 5 rings (SSSR count). The van der Waals surface area contributed by atoms with Crippen molar-refractivity contribution in [1.82, 2.24) is 14.8 Å². The second kappa shape index (κ2) is 7.21. The van der Waals surface area contributed by atoms with Gasteiger partial charge in [0.25, 0.3) is 5.95 Å². The zero-order chi connectivity index (χ0) is 20.8. The lowest BCUT2D eigenvalue weighted by Crippen LogP contribution is -2.29. The van der Waals surface area contributed by atoms with Crippen molar-refractivity contribution >= 4 is 45.3 Å². The number of rotatable bonds is 3. The van der Waals surface area contributed by atoms with Gasteiger partial charge in [-0.15, -0.1) is 5.10 Å². The highest BCUT2D eigenvalue weighted by Crippen LogP contribution is 2.34. The molecule has 8 heteroatoms. The number of hydrogen-bond donors (Lipinski definition) is 1. The van der Waals surface area contributed by atoms with E-state index in [4.69, 9.17) is 0 Å². The molecule has 2 aromatic carbocycles. The molecule has 7 nitrogen and oxygen atoms in total. The molecule has 3 aromatic rings. The number of imide groups is 1. The maximum Gasteiger partial charge on any atom is 0.260 e. The van der Waals surface area contributed by atoms with Crippen LogP contribution in [0, 0.1) is 6.92 Å². The van der Waals surface area contributed by atoms with Gasteiger partial charge in [-0.2, -0.15) is 4.98 Å². The van der Waals surface area contributed by atoms with Crippen molar-refractivity contribution in [3.63, 3.8) is 0 Å². The Hall–Kier alpha value is -3.26. The Balaban J connectivity index is 1.61. The van der Waals surface area contributed by atoms with Gasteiger partial charge in [0.05, 0.1) is 0 Å². The summed E-state index contributed by atoms with van der Waals surface area (Å²) in [4.78, 5) is 29.9. The molecular formula is C22H18BrN5O2. The first-order chi connectivity index (χ1) is 14.5. The summed E-state index contributed by atoms with van der Waals surface area (Å²) in [5.74, 6) is 0.0721. The monoisotopic (exact) mass is 463 g/mol. The molecule has 1 atom stereocenters. The molecule has 0 saturated carbocycles. The number of aromatic nitrogens is 3. The minimum atomic E-state index is -0.268. The first kappa shape index (κ1) is 18.7. The highest BCUT2D eigenvalue weighted by Gasteiger charge is 2.35. The molecule has 150 valence electrons. The summed E-state index contributed by atoms with van der Waals surface area (Å²) in [5, 5.41) is 7.83. The Morgan fingerprint density at radius 3 is 2.33 bits per heavy atom. The molecular weight excluding hydrogens is 446 g/mol. The number of aryl methyl sites for hydroxylation is 1. The number of carbonyl (C=O) groups excluding carboxylic acids is 2. The molecule has 0 spiro atoms. The van der Waals surface area contributed by atoms with Gasteiger partial charge in [0.15, 0.2) is 0 Å². The Bertz CT molecular complexity index is 1170. The van der Waals surface area contributed by atoms with Crippen LogP contribution in [0.2, 0.25) is 0 Å². The van der Waals surface area contributed by atoms with E-state index in [2.05, 4.69) is 61.7 Å². The smallest absolute Gasteiger partial charge is 0.260 e.